The molecule has 106 valence electrons. The van der Waals surface area contributed by atoms with Gasteiger partial charge in [0.15, 0.2) is 0 Å². The predicted molar refractivity (Wildman–Crippen MR) is 90.7 cm³/mol. The van der Waals surface area contributed by atoms with Crippen molar-refractivity contribution in [2.45, 2.75) is 19.4 Å². The summed E-state index contributed by atoms with van der Waals surface area (Å²) in [6, 6.07) is 14.3. The minimum atomic E-state index is 0.259. The highest BCUT2D eigenvalue weighted by atomic mass is 79.9. The normalized spacial score (nSPS) is 12.4. The number of rotatable bonds is 5. The number of nitrogens with one attached hydrogen (secondary N) is 1. The molecule has 0 aliphatic rings. The second-order valence-electron chi connectivity index (χ2n) is 4.61. The summed E-state index contributed by atoms with van der Waals surface area (Å²) >= 11 is 15.5. The summed E-state index contributed by atoms with van der Waals surface area (Å²) in [6.07, 6.45) is 0.916. The smallest absolute Gasteiger partial charge is 0.0548 e. The Morgan fingerprint density at radius 2 is 1.80 bits per heavy atom. The molecule has 1 N–H and O–H groups in total. The minimum absolute atomic E-state index is 0.259. The summed E-state index contributed by atoms with van der Waals surface area (Å²) < 4.78 is 0.927. The fourth-order valence-electron chi connectivity index (χ4n) is 2.14. The molecule has 1 nitrogen and oxygen atoms in total. The molecule has 0 aromatic heterocycles. The second kappa shape index (κ2) is 7.46. The van der Waals surface area contributed by atoms with Crippen molar-refractivity contribution in [1.82, 2.24) is 5.32 Å². The molecule has 2 aromatic carbocycles. The molecule has 0 amide bonds. The summed E-state index contributed by atoms with van der Waals surface area (Å²) in [4.78, 5) is 0. The molecule has 0 bridgehead atoms. The van der Waals surface area contributed by atoms with Gasteiger partial charge in [0, 0.05) is 15.5 Å². The number of halogens is 3. The molecule has 2 aromatic rings. The van der Waals surface area contributed by atoms with E-state index in [2.05, 4.69) is 52.4 Å². The molecular formula is C16H16BrCl2N. The minimum Gasteiger partial charge on any atom is -0.310 e. The maximum Gasteiger partial charge on any atom is 0.0548 e. The standard InChI is InChI=1S/C16H16BrCl2N/c1-2-20-16(9-11-3-6-13(18)7-4-11)12-5-8-15(19)14(17)10-12/h3-8,10,16,20H,2,9H2,1H3. The molecule has 0 fully saturated rings. The second-order valence-corrected chi connectivity index (χ2v) is 6.31. The van der Waals surface area contributed by atoms with Crippen molar-refractivity contribution in [3.05, 3.63) is 68.1 Å². The van der Waals surface area contributed by atoms with E-state index in [-0.39, 0.29) is 6.04 Å². The molecule has 4 heteroatoms. The van der Waals surface area contributed by atoms with Crippen molar-refractivity contribution in [2.75, 3.05) is 6.54 Å². The first kappa shape index (κ1) is 15.8. The SMILES string of the molecule is CCNC(Cc1ccc(Cl)cc1)c1ccc(Cl)c(Br)c1. The average molecular weight is 373 g/mol. The van der Waals surface area contributed by atoms with Gasteiger partial charge in [-0.1, -0.05) is 48.3 Å². The zero-order valence-electron chi connectivity index (χ0n) is 11.2. The molecule has 1 atom stereocenters. The van der Waals surface area contributed by atoms with Crippen LogP contribution in [0.1, 0.15) is 24.1 Å². The summed E-state index contributed by atoms with van der Waals surface area (Å²) in [6.45, 7) is 3.03. The Morgan fingerprint density at radius 3 is 2.40 bits per heavy atom. The van der Waals surface area contributed by atoms with E-state index in [1.54, 1.807) is 0 Å². The zero-order chi connectivity index (χ0) is 14.5. The van der Waals surface area contributed by atoms with Gasteiger partial charge in [-0.3, -0.25) is 0 Å². The number of likely N-dealkylation sites (N-methyl/N-ethyl adjacent to an activating group) is 1. The third kappa shape index (κ3) is 4.23. The van der Waals surface area contributed by atoms with Crippen LogP contribution >= 0.6 is 39.1 Å². The zero-order valence-corrected chi connectivity index (χ0v) is 14.3. The number of benzene rings is 2. The van der Waals surface area contributed by atoms with Crippen LogP contribution in [0.2, 0.25) is 10.0 Å². The van der Waals surface area contributed by atoms with Crippen LogP contribution in [0.5, 0.6) is 0 Å². The Morgan fingerprint density at radius 1 is 1.10 bits per heavy atom. The molecular weight excluding hydrogens is 357 g/mol. The van der Waals surface area contributed by atoms with Gasteiger partial charge in [0.05, 0.1) is 5.02 Å². The van der Waals surface area contributed by atoms with Gasteiger partial charge in [-0.25, -0.2) is 0 Å². The van der Waals surface area contributed by atoms with Gasteiger partial charge in [0.1, 0.15) is 0 Å². The Bertz CT molecular complexity index is 569. The maximum atomic E-state index is 6.06. The topological polar surface area (TPSA) is 12.0 Å². The molecule has 0 radical (unpaired) electrons. The van der Waals surface area contributed by atoms with Crippen LogP contribution in [0, 0.1) is 0 Å². The Labute approximate surface area is 138 Å². The molecule has 0 heterocycles. The molecule has 0 saturated carbocycles. The summed E-state index contributed by atoms with van der Waals surface area (Å²) in [5, 5.41) is 5.01. The van der Waals surface area contributed by atoms with E-state index in [1.807, 2.05) is 18.2 Å². The van der Waals surface area contributed by atoms with Crippen LogP contribution in [0.15, 0.2) is 46.9 Å². The number of hydrogen-bond acceptors (Lipinski definition) is 1. The highest BCUT2D eigenvalue weighted by Gasteiger charge is 2.12. The highest BCUT2D eigenvalue weighted by Crippen LogP contribution is 2.27. The molecule has 0 aliphatic heterocycles. The van der Waals surface area contributed by atoms with E-state index < -0.39 is 0 Å². The van der Waals surface area contributed by atoms with E-state index in [9.17, 15) is 0 Å². The summed E-state index contributed by atoms with van der Waals surface area (Å²) in [7, 11) is 0. The third-order valence-electron chi connectivity index (χ3n) is 3.15. The van der Waals surface area contributed by atoms with Crippen LogP contribution in [-0.4, -0.2) is 6.54 Å². The monoisotopic (exact) mass is 371 g/mol. The lowest BCUT2D eigenvalue weighted by Gasteiger charge is -2.19. The van der Waals surface area contributed by atoms with Crippen molar-refractivity contribution in [3.63, 3.8) is 0 Å². The number of hydrogen-bond donors (Lipinski definition) is 1. The molecule has 0 aliphatic carbocycles. The first-order valence-electron chi connectivity index (χ1n) is 6.53. The van der Waals surface area contributed by atoms with Gasteiger partial charge >= 0.3 is 0 Å². The average Bonchev–Trinajstić information content (AvgIpc) is 2.44. The van der Waals surface area contributed by atoms with E-state index in [0.717, 1.165) is 27.5 Å². The Balaban J connectivity index is 2.21. The first-order chi connectivity index (χ1) is 9.60. The molecule has 20 heavy (non-hydrogen) atoms. The van der Waals surface area contributed by atoms with Crippen molar-refractivity contribution in [2.24, 2.45) is 0 Å². The molecule has 0 spiro atoms. The van der Waals surface area contributed by atoms with Crippen LogP contribution in [-0.2, 0) is 6.42 Å². The van der Waals surface area contributed by atoms with Crippen molar-refractivity contribution in [1.29, 1.82) is 0 Å². The van der Waals surface area contributed by atoms with Crippen molar-refractivity contribution < 1.29 is 0 Å². The van der Waals surface area contributed by atoms with Gasteiger partial charge in [-0.15, -0.1) is 0 Å². The van der Waals surface area contributed by atoms with E-state index in [4.69, 9.17) is 23.2 Å². The summed E-state index contributed by atoms with van der Waals surface area (Å²) in [5.41, 5.74) is 2.48. The van der Waals surface area contributed by atoms with Crippen LogP contribution in [0.4, 0.5) is 0 Å². The molecule has 2 rings (SSSR count). The Kier molecular flexibility index (Phi) is 5.91. The fraction of sp³-hybridized carbons (Fsp3) is 0.250. The van der Waals surface area contributed by atoms with E-state index in [1.165, 1.54) is 11.1 Å². The van der Waals surface area contributed by atoms with Crippen LogP contribution < -0.4 is 5.32 Å². The maximum absolute atomic E-state index is 6.06. The fourth-order valence-corrected chi connectivity index (χ4v) is 2.78. The molecule has 0 saturated heterocycles. The van der Waals surface area contributed by atoms with Gasteiger partial charge in [0.2, 0.25) is 0 Å². The van der Waals surface area contributed by atoms with Gasteiger partial charge in [0.25, 0.3) is 0 Å². The van der Waals surface area contributed by atoms with E-state index in [0.29, 0.717) is 0 Å². The summed E-state index contributed by atoms with van der Waals surface area (Å²) in [5.74, 6) is 0. The van der Waals surface area contributed by atoms with Gasteiger partial charge < -0.3 is 5.32 Å². The van der Waals surface area contributed by atoms with Crippen LogP contribution in [0.3, 0.4) is 0 Å². The first-order valence-corrected chi connectivity index (χ1v) is 8.08. The quantitative estimate of drug-likeness (QED) is 0.714. The van der Waals surface area contributed by atoms with Crippen LogP contribution in [0.25, 0.3) is 0 Å². The molecule has 1 unspecified atom stereocenters. The third-order valence-corrected chi connectivity index (χ3v) is 4.62. The lowest BCUT2D eigenvalue weighted by Crippen LogP contribution is -2.23. The highest BCUT2D eigenvalue weighted by molar-refractivity contribution is 9.10. The van der Waals surface area contributed by atoms with Gasteiger partial charge in [-0.2, -0.15) is 0 Å². The lowest BCUT2D eigenvalue weighted by atomic mass is 9.99. The lowest BCUT2D eigenvalue weighted by molar-refractivity contribution is 0.549. The van der Waals surface area contributed by atoms with Gasteiger partial charge in [-0.05, 0) is 64.3 Å². The predicted octanol–water partition coefficient (Wildman–Crippen LogP) is 5.65. The van der Waals surface area contributed by atoms with Crippen molar-refractivity contribution in [3.8, 4) is 0 Å². The van der Waals surface area contributed by atoms with Crippen molar-refractivity contribution >= 4 is 39.1 Å². The van der Waals surface area contributed by atoms with E-state index >= 15 is 0 Å². The largest absolute Gasteiger partial charge is 0.310 e. The Hall–Kier alpha value is -0.540.